The molecule has 0 radical (unpaired) electrons. The third-order valence-electron chi connectivity index (χ3n) is 3.85. The summed E-state index contributed by atoms with van der Waals surface area (Å²) in [6.45, 7) is 7.99. The van der Waals surface area contributed by atoms with Crippen LogP contribution in [0, 0.1) is 0 Å². The van der Waals surface area contributed by atoms with E-state index in [1.807, 2.05) is 51.1 Å². The van der Waals surface area contributed by atoms with Gasteiger partial charge in [0.1, 0.15) is 0 Å². The van der Waals surface area contributed by atoms with Crippen molar-refractivity contribution in [3.05, 3.63) is 41.5 Å². The van der Waals surface area contributed by atoms with Crippen molar-refractivity contribution >= 4 is 11.5 Å². The average molecular weight is 288 g/mol. The van der Waals surface area contributed by atoms with Crippen molar-refractivity contribution in [2.24, 2.45) is 0 Å². The molecule has 21 heavy (non-hydrogen) atoms. The SMILES string of the molecule is CCCCCCC(C)OC(=O)C(C)=C(C)c1ccccc1. The molecule has 0 spiro atoms. The van der Waals surface area contributed by atoms with Gasteiger partial charge in [0.05, 0.1) is 6.10 Å². The number of esters is 1. The van der Waals surface area contributed by atoms with Crippen molar-refractivity contribution in [2.45, 2.75) is 65.9 Å². The zero-order valence-electron chi connectivity index (χ0n) is 13.8. The molecule has 1 unspecified atom stereocenters. The first-order valence-electron chi connectivity index (χ1n) is 8.00. The first-order chi connectivity index (χ1) is 10.1. The number of unbranched alkanes of at least 4 members (excludes halogenated alkanes) is 3. The van der Waals surface area contributed by atoms with Crippen LogP contribution in [0.3, 0.4) is 0 Å². The van der Waals surface area contributed by atoms with E-state index in [2.05, 4.69) is 6.92 Å². The van der Waals surface area contributed by atoms with E-state index in [9.17, 15) is 4.79 Å². The van der Waals surface area contributed by atoms with Gasteiger partial charge in [0.25, 0.3) is 0 Å². The summed E-state index contributed by atoms with van der Waals surface area (Å²) in [6.07, 6.45) is 5.77. The number of hydrogen-bond donors (Lipinski definition) is 0. The van der Waals surface area contributed by atoms with Gasteiger partial charge in [-0.2, -0.15) is 0 Å². The van der Waals surface area contributed by atoms with E-state index in [0.29, 0.717) is 5.57 Å². The highest BCUT2D eigenvalue weighted by Crippen LogP contribution is 2.19. The molecule has 2 heteroatoms. The summed E-state index contributed by atoms with van der Waals surface area (Å²) in [5, 5.41) is 0. The van der Waals surface area contributed by atoms with Gasteiger partial charge in [-0.1, -0.05) is 56.5 Å². The van der Waals surface area contributed by atoms with Crippen LogP contribution in [0.15, 0.2) is 35.9 Å². The van der Waals surface area contributed by atoms with E-state index in [4.69, 9.17) is 4.74 Å². The smallest absolute Gasteiger partial charge is 0.334 e. The summed E-state index contributed by atoms with van der Waals surface area (Å²) in [4.78, 5) is 12.2. The number of carbonyl (C=O) groups excluding carboxylic acids is 1. The Morgan fingerprint density at radius 2 is 1.76 bits per heavy atom. The molecule has 0 amide bonds. The van der Waals surface area contributed by atoms with E-state index in [1.54, 1.807) is 0 Å². The quantitative estimate of drug-likeness (QED) is 0.364. The third kappa shape index (κ3) is 6.16. The molecule has 1 aromatic rings. The molecular formula is C19H28O2. The Kier molecular flexibility index (Phi) is 7.81. The summed E-state index contributed by atoms with van der Waals surface area (Å²) < 4.78 is 5.54. The lowest BCUT2D eigenvalue weighted by atomic mass is 10.0. The van der Waals surface area contributed by atoms with Gasteiger partial charge in [-0.3, -0.25) is 0 Å². The van der Waals surface area contributed by atoms with Crippen LogP contribution in [0.4, 0.5) is 0 Å². The maximum Gasteiger partial charge on any atom is 0.334 e. The van der Waals surface area contributed by atoms with Crippen LogP contribution in [-0.2, 0) is 9.53 Å². The third-order valence-corrected chi connectivity index (χ3v) is 3.85. The van der Waals surface area contributed by atoms with Crippen LogP contribution < -0.4 is 0 Å². The average Bonchev–Trinajstić information content (AvgIpc) is 2.51. The monoisotopic (exact) mass is 288 g/mol. The highest BCUT2D eigenvalue weighted by Gasteiger charge is 2.14. The Bertz CT molecular complexity index is 460. The predicted molar refractivity (Wildman–Crippen MR) is 89.0 cm³/mol. The van der Waals surface area contributed by atoms with Crippen LogP contribution in [0.5, 0.6) is 0 Å². The highest BCUT2D eigenvalue weighted by molar-refractivity contribution is 5.96. The Morgan fingerprint density at radius 1 is 1.10 bits per heavy atom. The number of hydrogen-bond acceptors (Lipinski definition) is 2. The first-order valence-corrected chi connectivity index (χ1v) is 8.00. The van der Waals surface area contributed by atoms with Crippen LogP contribution in [-0.4, -0.2) is 12.1 Å². The van der Waals surface area contributed by atoms with Gasteiger partial charge >= 0.3 is 5.97 Å². The van der Waals surface area contributed by atoms with Gasteiger partial charge in [0, 0.05) is 5.57 Å². The molecule has 0 bridgehead atoms. The molecule has 1 atom stereocenters. The molecule has 0 aromatic heterocycles. The second kappa shape index (κ2) is 9.38. The molecule has 116 valence electrons. The lowest BCUT2D eigenvalue weighted by Gasteiger charge is -2.14. The van der Waals surface area contributed by atoms with Gasteiger partial charge in [0.2, 0.25) is 0 Å². The number of rotatable bonds is 8. The predicted octanol–water partition coefficient (Wildman–Crippen LogP) is 5.38. The Morgan fingerprint density at radius 3 is 2.38 bits per heavy atom. The van der Waals surface area contributed by atoms with Crippen LogP contribution in [0.1, 0.15) is 65.4 Å². The van der Waals surface area contributed by atoms with E-state index in [-0.39, 0.29) is 12.1 Å². The summed E-state index contributed by atoms with van der Waals surface area (Å²) in [5.41, 5.74) is 2.75. The molecule has 0 aliphatic rings. The van der Waals surface area contributed by atoms with Crippen molar-refractivity contribution in [1.29, 1.82) is 0 Å². The zero-order chi connectivity index (χ0) is 15.7. The second-order valence-corrected chi connectivity index (χ2v) is 5.68. The summed E-state index contributed by atoms with van der Waals surface area (Å²) >= 11 is 0. The summed E-state index contributed by atoms with van der Waals surface area (Å²) in [5.74, 6) is -0.195. The van der Waals surface area contributed by atoms with Crippen LogP contribution in [0.25, 0.3) is 5.57 Å². The number of allylic oxidation sites excluding steroid dienone is 1. The second-order valence-electron chi connectivity index (χ2n) is 5.68. The molecule has 1 aromatic carbocycles. The minimum absolute atomic E-state index is 0.00659. The topological polar surface area (TPSA) is 26.3 Å². The van der Waals surface area contributed by atoms with Gasteiger partial charge in [-0.15, -0.1) is 0 Å². The maximum absolute atomic E-state index is 12.2. The van der Waals surface area contributed by atoms with Crippen molar-refractivity contribution in [1.82, 2.24) is 0 Å². The normalized spacial score (nSPS) is 13.5. The fourth-order valence-corrected chi connectivity index (χ4v) is 2.25. The molecule has 0 aliphatic carbocycles. The number of ether oxygens (including phenoxy) is 1. The van der Waals surface area contributed by atoms with E-state index in [0.717, 1.165) is 24.0 Å². The Balaban J connectivity index is 2.54. The lowest BCUT2D eigenvalue weighted by molar-refractivity contribution is -0.143. The molecule has 0 heterocycles. The maximum atomic E-state index is 12.2. The molecular weight excluding hydrogens is 260 g/mol. The standard InChI is InChI=1S/C19H28O2/c1-5-6-7-9-12-15(2)21-19(20)17(4)16(3)18-13-10-8-11-14-18/h8,10-11,13-15H,5-7,9,12H2,1-4H3. The van der Waals surface area contributed by atoms with Crippen molar-refractivity contribution in [3.8, 4) is 0 Å². The van der Waals surface area contributed by atoms with E-state index in [1.165, 1.54) is 19.3 Å². The molecule has 0 saturated carbocycles. The van der Waals surface area contributed by atoms with Crippen LogP contribution in [0.2, 0.25) is 0 Å². The summed E-state index contributed by atoms with van der Waals surface area (Å²) in [6, 6.07) is 9.96. The molecule has 1 rings (SSSR count). The largest absolute Gasteiger partial charge is 0.459 e. The molecule has 2 nitrogen and oxygen atoms in total. The zero-order valence-corrected chi connectivity index (χ0v) is 13.8. The van der Waals surface area contributed by atoms with E-state index >= 15 is 0 Å². The van der Waals surface area contributed by atoms with E-state index < -0.39 is 0 Å². The van der Waals surface area contributed by atoms with Gasteiger partial charge in [0.15, 0.2) is 0 Å². The molecule has 0 aliphatic heterocycles. The van der Waals surface area contributed by atoms with Crippen molar-refractivity contribution in [3.63, 3.8) is 0 Å². The van der Waals surface area contributed by atoms with Crippen molar-refractivity contribution in [2.75, 3.05) is 0 Å². The Hall–Kier alpha value is -1.57. The minimum atomic E-state index is -0.195. The van der Waals surface area contributed by atoms with Gasteiger partial charge in [-0.05, 0) is 44.7 Å². The molecule has 0 fully saturated rings. The fraction of sp³-hybridized carbons (Fsp3) is 0.526. The highest BCUT2D eigenvalue weighted by atomic mass is 16.5. The van der Waals surface area contributed by atoms with Gasteiger partial charge < -0.3 is 4.74 Å². The van der Waals surface area contributed by atoms with Crippen LogP contribution >= 0.6 is 0 Å². The van der Waals surface area contributed by atoms with Gasteiger partial charge in [-0.25, -0.2) is 4.79 Å². The first kappa shape index (κ1) is 17.5. The fourth-order valence-electron chi connectivity index (χ4n) is 2.25. The molecule has 0 saturated heterocycles. The summed E-state index contributed by atoms with van der Waals surface area (Å²) in [7, 11) is 0. The van der Waals surface area contributed by atoms with Crippen molar-refractivity contribution < 1.29 is 9.53 Å². The minimum Gasteiger partial charge on any atom is -0.459 e. The molecule has 0 N–H and O–H groups in total. The number of carbonyl (C=O) groups is 1. The lowest BCUT2D eigenvalue weighted by Crippen LogP contribution is -2.16. The number of benzene rings is 1. The Labute approximate surface area is 129 Å².